The number of rotatable bonds is 5. The van der Waals surface area contributed by atoms with Crippen LogP contribution in [0.4, 0.5) is 4.39 Å². The molecule has 17 heavy (non-hydrogen) atoms. The number of halogens is 1. The second kappa shape index (κ2) is 5.59. The third-order valence-electron chi connectivity index (χ3n) is 2.82. The summed E-state index contributed by atoms with van der Waals surface area (Å²) in [4.78, 5) is 7.39. The second-order valence-electron chi connectivity index (χ2n) is 4.01. The molecule has 0 saturated carbocycles. The van der Waals surface area contributed by atoms with Crippen LogP contribution < -0.4 is 5.73 Å². The van der Waals surface area contributed by atoms with Crippen LogP contribution in [0.1, 0.15) is 30.1 Å². The second-order valence-corrected chi connectivity index (χ2v) is 4.01. The Balaban J connectivity index is 2.23. The van der Waals surface area contributed by atoms with Gasteiger partial charge in [-0.05, 0) is 37.1 Å². The fourth-order valence-electron chi connectivity index (χ4n) is 1.95. The molecule has 2 rings (SSSR count). The summed E-state index contributed by atoms with van der Waals surface area (Å²) in [7, 11) is 0. The lowest BCUT2D eigenvalue weighted by atomic mass is 9.93. The van der Waals surface area contributed by atoms with Crippen LogP contribution in [0.25, 0.3) is 0 Å². The minimum absolute atomic E-state index is 0.161. The first-order valence-corrected chi connectivity index (χ1v) is 5.76. The molecule has 90 valence electrons. The summed E-state index contributed by atoms with van der Waals surface area (Å²) < 4.78 is 12.9. The number of aromatic nitrogens is 2. The van der Waals surface area contributed by atoms with Crippen molar-refractivity contribution in [1.82, 2.24) is 9.97 Å². The molecule has 0 aliphatic rings. The van der Waals surface area contributed by atoms with Crippen molar-refractivity contribution in [2.24, 2.45) is 5.73 Å². The largest absolute Gasteiger partial charge is 0.348 e. The molecule has 0 bridgehead atoms. The van der Waals surface area contributed by atoms with Gasteiger partial charge in [0, 0.05) is 18.3 Å². The Hall–Kier alpha value is -1.68. The van der Waals surface area contributed by atoms with Gasteiger partial charge in [0.05, 0.1) is 0 Å². The molecule has 0 amide bonds. The van der Waals surface area contributed by atoms with Gasteiger partial charge >= 0.3 is 0 Å². The maximum atomic E-state index is 12.9. The van der Waals surface area contributed by atoms with Crippen LogP contribution in [0.3, 0.4) is 0 Å². The lowest BCUT2D eigenvalue weighted by Crippen LogP contribution is -2.07. The smallest absolute Gasteiger partial charge is 0.123 e. The van der Waals surface area contributed by atoms with Crippen molar-refractivity contribution >= 4 is 0 Å². The van der Waals surface area contributed by atoms with Crippen molar-refractivity contribution in [3.05, 3.63) is 53.9 Å². The lowest BCUT2D eigenvalue weighted by molar-refractivity contribution is 0.619. The van der Waals surface area contributed by atoms with Gasteiger partial charge in [-0.25, -0.2) is 9.37 Å². The fraction of sp³-hybridized carbons (Fsp3) is 0.308. The van der Waals surface area contributed by atoms with Crippen molar-refractivity contribution in [3.63, 3.8) is 0 Å². The third-order valence-corrected chi connectivity index (χ3v) is 2.82. The monoisotopic (exact) mass is 233 g/mol. The molecule has 0 aliphatic heterocycles. The van der Waals surface area contributed by atoms with E-state index in [1.165, 1.54) is 12.1 Å². The van der Waals surface area contributed by atoms with Crippen molar-refractivity contribution in [3.8, 4) is 0 Å². The Morgan fingerprint density at radius 2 is 2.06 bits per heavy atom. The molecule has 3 nitrogen and oxygen atoms in total. The van der Waals surface area contributed by atoms with Gasteiger partial charge in [-0.1, -0.05) is 12.1 Å². The van der Waals surface area contributed by atoms with E-state index in [0.29, 0.717) is 6.54 Å². The molecule has 1 atom stereocenters. The van der Waals surface area contributed by atoms with Crippen LogP contribution >= 0.6 is 0 Å². The Bertz CT molecular complexity index is 436. The first-order chi connectivity index (χ1) is 8.31. The predicted molar refractivity (Wildman–Crippen MR) is 65.1 cm³/mol. The topological polar surface area (TPSA) is 54.7 Å². The number of nitrogens with two attached hydrogens (primary N) is 1. The molecule has 1 heterocycles. The molecule has 2 aromatic rings. The third kappa shape index (κ3) is 2.91. The van der Waals surface area contributed by atoms with Crippen molar-refractivity contribution in [2.75, 3.05) is 6.54 Å². The van der Waals surface area contributed by atoms with Crippen molar-refractivity contribution < 1.29 is 4.39 Å². The van der Waals surface area contributed by atoms with Crippen LogP contribution in [0.2, 0.25) is 0 Å². The van der Waals surface area contributed by atoms with Gasteiger partial charge in [-0.2, -0.15) is 0 Å². The van der Waals surface area contributed by atoms with E-state index >= 15 is 0 Å². The number of benzene rings is 1. The van der Waals surface area contributed by atoms with E-state index < -0.39 is 0 Å². The summed E-state index contributed by atoms with van der Waals surface area (Å²) in [5, 5.41) is 0. The van der Waals surface area contributed by atoms with E-state index in [1.807, 2.05) is 0 Å². The molecule has 0 spiro atoms. The molecule has 4 heteroatoms. The highest BCUT2D eigenvalue weighted by Crippen LogP contribution is 2.26. The highest BCUT2D eigenvalue weighted by atomic mass is 19.1. The molecule has 1 aromatic heterocycles. The number of imidazole rings is 1. The van der Waals surface area contributed by atoms with E-state index in [-0.39, 0.29) is 11.7 Å². The van der Waals surface area contributed by atoms with Gasteiger partial charge in [0.15, 0.2) is 0 Å². The Labute approximate surface area is 99.9 Å². The Kier molecular flexibility index (Phi) is 3.88. The van der Waals surface area contributed by atoms with Crippen LogP contribution in [-0.2, 0) is 0 Å². The highest BCUT2D eigenvalue weighted by Gasteiger charge is 2.15. The quantitative estimate of drug-likeness (QED) is 0.833. The number of hydrogen-bond acceptors (Lipinski definition) is 2. The Morgan fingerprint density at radius 3 is 2.65 bits per heavy atom. The molecule has 0 fully saturated rings. The van der Waals surface area contributed by atoms with Gasteiger partial charge in [-0.3, -0.25) is 0 Å². The molecule has 0 aliphatic carbocycles. The average Bonchev–Trinajstić information content (AvgIpc) is 2.85. The van der Waals surface area contributed by atoms with Gasteiger partial charge < -0.3 is 10.7 Å². The summed E-state index contributed by atoms with van der Waals surface area (Å²) >= 11 is 0. The van der Waals surface area contributed by atoms with E-state index in [9.17, 15) is 4.39 Å². The lowest BCUT2D eigenvalue weighted by Gasteiger charge is -2.14. The zero-order valence-electron chi connectivity index (χ0n) is 9.57. The summed E-state index contributed by atoms with van der Waals surface area (Å²) in [5.41, 5.74) is 6.61. The molecular formula is C13H16FN3. The molecule has 3 N–H and O–H groups in total. The maximum Gasteiger partial charge on any atom is 0.123 e. The normalized spacial score (nSPS) is 12.6. The molecule has 1 unspecified atom stereocenters. The zero-order chi connectivity index (χ0) is 12.1. The van der Waals surface area contributed by atoms with Crippen molar-refractivity contribution in [2.45, 2.75) is 18.8 Å². The number of H-pyrrole nitrogens is 1. The standard InChI is InChI=1S/C13H16FN3/c14-11-5-3-10(4-6-11)12(2-1-7-15)13-16-8-9-17-13/h3-6,8-9,12H,1-2,7,15H2,(H,16,17). The first-order valence-electron chi connectivity index (χ1n) is 5.76. The van der Waals surface area contributed by atoms with E-state index in [2.05, 4.69) is 9.97 Å². The number of nitrogens with zero attached hydrogens (tertiary/aromatic N) is 1. The predicted octanol–water partition coefficient (Wildman–Crippen LogP) is 2.42. The number of hydrogen-bond donors (Lipinski definition) is 2. The maximum absolute atomic E-state index is 12.9. The molecular weight excluding hydrogens is 217 g/mol. The minimum Gasteiger partial charge on any atom is -0.348 e. The van der Waals surface area contributed by atoms with Crippen LogP contribution in [-0.4, -0.2) is 16.5 Å². The van der Waals surface area contributed by atoms with Gasteiger partial charge in [0.25, 0.3) is 0 Å². The zero-order valence-corrected chi connectivity index (χ0v) is 9.57. The summed E-state index contributed by atoms with van der Waals surface area (Å²) in [6.07, 6.45) is 5.36. The molecule has 0 radical (unpaired) electrons. The highest BCUT2D eigenvalue weighted by molar-refractivity contribution is 5.25. The number of aromatic amines is 1. The first kappa shape index (κ1) is 11.8. The van der Waals surface area contributed by atoms with Crippen molar-refractivity contribution in [1.29, 1.82) is 0 Å². The van der Waals surface area contributed by atoms with Crippen LogP contribution in [0.5, 0.6) is 0 Å². The minimum atomic E-state index is -0.217. The molecule has 1 aromatic carbocycles. The Morgan fingerprint density at radius 1 is 1.29 bits per heavy atom. The summed E-state index contributed by atoms with van der Waals surface area (Å²) in [6, 6.07) is 6.57. The fourth-order valence-corrected chi connectivity index (χ4v) is 1.95. The number of nitrogens with one attached hydrogen (secondary N) is 1. The summed E-state index contributed by atoms with van der Waals surface area (Å²) in [5.74, 6) is 0.852. The van der Waals surface area contributed by atoms with Gasteiger partial charge in [0.1, 0.15) is 11.6 Å². The van der Waals surface area contributed by atoms with E-state index in [1.54, 1.807) is 24.5 Å². The van der Waals surface area contributed by atoms with E-state index in [4.69, 9.17) is 5.73 Å². The summed E-state index contributed by atoms with van der Waals surface area (Å²) in [6.45, 7) is 0.651. The van der Waals surface area contributed by atoms with Crippen LogP contribution in [0.15, 0.2) is 36.7 Å². The molecule has 0 saturated heterocycles. The average molecular weight is 233 g/mol. The van der Waals surface area contributed by atoms with E-state index in [0.717, 1.165) is 24.2 Å². The SMILES string of the molecule is NCCCC(c1ccc(F)cc1)c1ncc[nH]1. The van der Waals surface area contributed by atoms with Gasteiger partial charge in [-0.15, -0.1) is 0 Å². The van der Waals surface area contributed by atoms with Gasteiger partial charge in [0.2, 0.25) is 0 Å². The van der Waals surface area contributed by atoms with Crippen LogP contribution in [0, 0.1) is 5.82 Å².